The third-order valence-corrected chi connectivity index (χ3v) is 5.83. The van der Waals surface area contributed by atoms with Gasteiger partial charge >= 0.3 is 12.4 Å². The molecule has 14 heteroatoms. The van der Waals surface area contributed by atoms with Crippen LogP contribution >= 0.6 is 0 Å². The van der Waals surface area contributed by atoms with Crippen molar-refractivity contribution in [3.05, 3.63) is 41.5 Å². The number of carbonyl (C=O) groups is 2. The van der Waals surface area contributed by atoms with Crippen molar-refractivity contribution in [3.63, 3.8) is 0 Å². The minimum absolute atomic E-state index is 0.00708. The summed E-state index contributed by atoms with van der Waals surface area (Å²) in [6, 6.07) is -0.0891. The fourth-order valence-corrected chi connectivity index (χ4v) is 3.99. The molecule has 2 heterocycles. The molecule has 36 heavy (non-hydrogen) atoms. The average molecular weight is 516 g/mol. The number of tetrazole rings is 1. The molecule has 0 bridgehead atoms. The summed E-state index contributed by atoms with van der Waals surface area (Å²) in [5, 5.41) is 13.1. The molecule has 10 nitrogen and oxygen atoms in total. The van der Waals surface area contributed by atoms with Gasteiger partial charge in [0.15, 0.2) is 5.83 Å². The predicted octanol–water partition coefficient (Wildman–Crippen LogP) is 2.27. The van der Waals surface area contributed by atoms with Crippen molar-refractivity contribution in [2.24, 2.45) is 0 Å². The number of rotatable bonds is 11. The SMILES string of the molecule is CCCN(CCC(C)n1cnnn1)C1=C(F)C=C(N2CC(=O)OC(CNC(=O)C(F)F)C2)CC=C1F. The highest BCUT2D eigenvalue weighted by Gasteiger charge is 2.31. The van der Waals surface area contributed by atoms with Gasteiger partial charge in [-0.2, -0.15) is 8.78 Å². The van der Waals surface area contributed by atoms with Crippen LogP contribution in [0.25, 0.3) is 0 Å². The van der Waals surface area contributed by atoms with Gasteiger partial charge in [0.05, 0.1) is 19.1 Å². The Morgan fingerprint density at radius 2 is 2.11 bits per heavy atom. The van der Waals surface area contributed by atoms with Crippen molar-refractivity contribution in [1.82, 2.24) is 35.3 Å². The Morgan fingerprint density at radius 1 is 1.33 bits per heavy atom. The van der Waals surface area contributed by atoms with E-state index < -0.39 is 36.1 Å². The van der Waals surface area contributed by atoms with E-state index in [0.29, 0.717) is 31.6 Å². The van der Waals surface area contributed by atoms with E-state index >= 15 is 8.78 Å². The van der Waals surface area contributed by atoms with Crippen molar-refractivity contribution < 1.29 is 31.9 Å². The zero-order valence-electron chi connectivity index (χ0n) is 20.0. The number of nitrogens with zero attached hydrogens (tertiary/aromatic N) is 6. The number of alkyl halides is 2. The van der Waals surface area contributed by atoms with Gasteiger partial charge in [-0.05, 0) is 42.3 Å². The maximum Gasteiger partial charge on any atom is 0.325 e. The number of nitrogens with one attached hydrogen (secondary N) is 1. The highest BCUT2D eigenvalue weighted by Crippen LogP contribution is 2.31. The van der Waals surface area contributed by atoms with Gasteiger partial charge in [-0.3, -0.25) is 9.59 Å². The number of hydrogen-bond acceptors (Lipinski definition) is 8. The number of esters is 1. The molecule has 3 rings (SSSR count). The van der Waals surface area contributed by atoms with E-state index in [9.17, 15) is 18.4 Å². The zero-order chi connectivity index (χ0) is 26.2. The molecule has 0 radical (unpaired) electrons. The van der Waals surface area contributed by atoms with E-state index in [2.05, 4.69) is 15.5 Å². The highest BCUT2D eigenvalue weighted by molar-refractivity contribution is 5.79. The molecule has 1 fully saturated rings. The molecule has 1 N–H and O–H groups in total. The molecule has 1 aromatic heterocycles. The molecular weight excluding hydrogens is 486 g/mol. The standard InChI is InChI=1S/C22H29F4N7O3/c1-3-7-31(8-6-14(2)33-13-28-29-30-33)20-17(23)5-4-15(9-18(20)24)32-11-16(36-19(34)12-32)10-27-22(35)21(25)26/h5,9,13-14,16,21H,3-4,6-8,10-12H2,1-2H3,(H,27,35). The van der Waals surface area contributed by atoms with Gasteiger partial charge in [-0.15, -0.1) is 5.10 Å². The van der Waals surface area contributed by atoms with Crippen molar-refractivity contribution in [2.75, 3.05) is 32.7 Å². The van der Waals surface area contributed by atoms with Crippen LogP contribution in [0.3, 0.4) is 0 Å². The molecule has 198 valence electrons. The third-order valence-electron chi connectivity index (χ3n) is 5.83. The van der Waals surface area contributed by atoms with Crippen LogP contribution in [-0.4, -0.2) is 87.1 Å². The maximum absolute atomic E-state index is 15.4. The van der Waals surface area contributed by atoms with Crippen LogP contribution in [0.4, 0.5) is 17.6 Å². The van der Waals surface area contributed by atoms with Gasteiger partial charge in [-0.25, -0.2) is 13.5 Å². The smallest absolute Gasteiger partial charge is 0.325 e. The highest BCUT2D eigenvalue weighted by atomic mass is 19.3. The Bertz CT molecular complexity index is 1010. The number of halogens is 4. The lowest BCUT2D eigenvalue weighted by Gasteiger charge is -2.34. The van der Waals surface area contributed by atoms with Crippen LogP contribution in [0.2, 0.25) is 0 Å². The summed E-state index contributed by atoms with van der Waals surface area (Å²) in [5.74, 6) is -3.66. The number of morpholine rings is 1. The van der Waals surface area contributed by atoms with Crippen LogP contribution < -0.4 is 5.32 Å². The Hall–Kier alpha value is -3.45. The average Bonchev–Trinajstić information content (AvgIpc) is 3.33. The molecule has 0 spiro atoms. The summed E-state index contributed by atoms with van der Waals surface area (Å²) >= 11 is 0. The molecule has 1 saturated heterocycles. The Balaban J connectivity index is 1.75. The number of allylic oxidation sites excluding steroid dienone is 4. The topological polar surface area (TPSA) is 105 Å². The normalized spacial score (nSPS) is 19.5. The molecule has 2 unspecified atom stereocenters. The van der Waals surface area contributed by atoms with E-state index in [1.807, 2.05) is 19.2 Å². The number of ether oxygens (including phenoxy) is 1. The van der Waals surface area contributed by atoms with Crippen LogP contribution in [0.15, 0.2) is 41.5 Å². The van der Waals surface area contributed by atoms with Crippen molar-refractivity contribution >= 4 is 11.9 Å². The lowest BCUT2D eigenvalue weighted by molar-refractivity contribution is -0.157. The maximum atomic E-state index is 15.4. The van der Waals surface area contributed by atoms with Gasteiger partial charge in [0.1, 0.15) is 30.5 Å². The minimum atomic E-state index is -3.20. The fraction of sp³-hybridized carbons (Fsp3) is 0.591. The molecule has 1 amide bonds. The third kappa shape index (κ3) is 7.04. The second-order valence-electron chi connectivity index (χ2n) is 8.54. The number of amides is 1. The summed E-state index contributed by atoms with van der Waals surface area (Å²) in [7, 11) is 0. The molecular formula is C22H29F4N7O3. The number of cyclic esters (lactones) is 1. The summed E-state index contributed by atoms with van der Waals surface area (Å²) in [4.78, 5) is 26.3. The number of carbonyl (C=O) groups excluding carboxylic acids is 2. The van der Waals surface area contributed by atoms with Gasteiger partial charge in [0, 0.05) is 25.2 Å². The summed E-state index contributed by atoms with van der Waals surface area (Å²) in [5.41, 5.74) is 0.161. The molecule has 1 aliphatic carbocycles. The van der Waals surface area contributed by atoms with Gasteiger partial charge in [0.2, 0.25) is 0 Å². The zero-order valence-corrected chi connectivity index (χ0v) is 20.0. The Morgan fingerprint density at radius 3 is 2.78 bits per heavy atom. The molecule has 2 aliphatic rings. The minimum Gasteiger partial charge on any atom is -0.457 e. The van der Waals surface area contributed by atoms with E-state index in [1.54, 1.807) is 9.58 Å². The van der Waals surface area contributed by atoms with Crippen molar-refractivity contribution in [2.45, 2.75) is 51.7 Å². The van der Waals surface area contributed by atoms with E-state index in [-0.39, 0.29) is 37.8 Å². The second kappa shape index (κ2) is 12.5. The lowest BCUT2D eigenvalue weighted by atomic mass is 10.2. The van der Waals surface area contributed by atoms with Crippen LogP contribution in [0.1, 0.15) is 39.2 Å². The first-order valence-corrected chi connectivity index (χ1v) is 11.6. The fourth-order valence-electron chi connectivity index (χ4n) is 3.99. The summed E-state index contributed by atoms with van der Waals surface area (Å²) in [6.45, 7) is 4.06. The van der Waals surface area contributed by atoms with Crippen LogP contribution in [0, 0.1) is 0 Å². The van der Waals surface area contributed by atoms with Crippen LogP contribution in [-0.2, 0) is 14.3 Å². The van der Waals surface area contributed by atoms with E-state index in [1.165, 1.54) is 23.4 Å². The van der Waals surface area contributed by atoms with Gasteiger partial charge in [-0.1, -0.05) is 6.92 Å². The Labute approximate surface area is 205 Å². The van der Waals surface area contributed by atoms with E-state index in [4.69, 9.17) is 4.74 Å². The summed E-state index contributed by atoms with van der Waals surface area (Å²) < 4.78 is 62.1. The first-order valence-electron chi connectivity index (χ1n) is 11.6. The second-order valence-corrected chi connectivity index (χ2v) is 8.54. The monoisotopic (exact) mass is 515 g/mol. The number of hydrogen-bond donors (Lipinski definition) is 1. The molecule has 1 aliphatic heterocycles. The summed E-state index contributed by atoms with van der Waals surface area (Å²) in [6.07, 6.45) is 0.993. The van der Waals surface area contributed by atoms with E-state index in [0.717, 1.165) is 0 Å². The molecule has 0 saturated carbocycles. The predicted molar refractivity (Wildman–Crippen MR) is 120 cm³/mol. The largest absolute Gasteiger partial charge is 0.457 e. The Kier molecular flexibility index (Phi) is 9.42. The lowest BCUT2D eigenvalue weighted by Crippen LogP contribution is -2.49. The first kappa shape index (κ1) is 27.1. The van der Waals surface area contributed by atoms with Gasteiger partial charge < -0.3 is 19.9 Å². The van der Waals surface area contributed by atoms with Crippen molar-refractivity contribution in [3.8, 4) is 0 Å². The van der Waals surface area contributed by atoms with Gasteiger partial charge in [0.25, 0.3) is 5.91 Å². The molecule has 1 aromatic rings. The quantitative estimate of drug-likeness (QED) is 0.354. The molecule has 0 aromatic carbocycles. The first-order chi connectivity index (χ1) is 17.2. The van der Waals surface area contributed by atoms with Crippen molar-refractivity contribution in [1.29, 1.82) is 0 Å². The van der Waals surface area contributed by atoms with Crippen LogP contribution in [0.5, 0.6) is 0 Å². The number of aromatic nitrogens is 4. The molecule has 2 atom stereocenters.